The largest absolute Gasteiger partial charge is 0.493 e. The Morgan fingerprint density at radius 1 is 0.892 bits per heavy atom. The van der Waals surface area contributed by atoms with Crippen molar-refractivity contribution < 1.29 is 27.1 Å². The number of hydrogen-bond donors (Lipinski definition) is 1. The summed E-state index contributed by atoms with van der Waals surface area (Å²) >= 11 is 6.15. The molecule has 0 spiro atoms. The van der Waals surface area contributed by atoms with E-state index in [4.69, 9.17) is 21.1 Å². The minimum Gasteiger partial charge on any atom is -0.493 e. The molecular weight excluding hydrogens is 519 g/mol. The zero-order chi connectivity index (χ0) is 26.4. The maximum absolute atomic E-state index is 14.7. The Balaban J connectivity index is 1.65. The normalized spacial score (nSPS) is 11.0. The standard InChI is InChI=1S/C27H22ClFN2O5S/c1-35-25-13-7-8-14-26(25)36-24-16-15-19(28)17-22(24)30-27(32)18-31(23-12-6-5-11-21(23)29)37(33,34)20-9-3-2-4-10-20/h2-17H,18H2,1H3,(H,30,32). The summed E-state index contributed by atoms with van der Waals surface area (Å²) in [6.45, 7) is -0.710. The van der Waals surface area contributed by atoms with Gasteiger partial charge in [-0.2, -0.15) is 0 Å². The molecule has 7 nitrogen and oxygen atoms in total. The van der Waals surface area contributed by atoms with Crippen LogP contribution in [0.5, 0.6) is 17.2 Å². The van der Waals surface area contributed by atoms with Crippen molar-refractivity contribution in [3.63, 3.8) is 0 Å². The number of sulfonamides is 1. The average molecular weight is 541 g/mol. The summed E-state index contributed by atoms with van der Waals surface area (Å²) in [5.41, 5.74) is -0.0768. The van der Waals surface area contributed by atoms with Gasteiger partial charge in [0.15, 0.2) is 17.2 Å². The highest BCUT2D eigenvalue weighted by Crippen LogP contribution is 2.36. The first-order chi connectivity index (χ1) is 17.8. The molecule has 0 unspecified atom stereocenters. The summed E-state index contributed by atoms with van der Waals surface area (Å²) in [6.07, 6.45) is 0. The highest BCUT2D eigenvalue weighted by atomic mass is 35.5. The molecule has 0 saturated carbocycles. The van der Waals surface area contributed by atoms with Gasteiger partial charge in [0, 0.05) is 5.02 Å². The van der Waals surface area contributed by atoms with Gasteiger partial charge in [0.2, 0.25) is 5.91 Å². The van der Waals surface area contributed by atoms with Crippen molar-refractivity contribution >= 4 is 38.9 Å². The Hall–Kier alpha value is -4.08. The number of benzene rings is 4. The summed E-state index contributed by atoms with van der Waals surface area (Å²) in [5.74, 6) is -0.435. The van der Waals surface area contributed by atoms with Crippen LogP contribution in [0.25, 0.3) is 0 Å². The Kier molecular flexibility index (Phi) is 7.95. The van der Waals surface area contributed by atoms with Crippen molar-refractivity contribution in [3.8, 4) is 17.2 Å². The summed E-state index contributed by atoms with van der Waals surface area (Å²) in [7, 11) is -2.78. The van der Waals surface area contributed by atoms with Gasteiger partial charge in [-0.05, 0) is 54.6 Å². The fraction of sp³-hybridized carbons (Fsp3) is 0.0741. The van der Waals surface area contributed by atoms with Crippen LogP contribution in [-0.4, -0.2) is 28.0 Å². The van der Waals surface area contributed by atoms with Crippen LogP contribution in [-0.2, 0) is 14.8 Å². The van der Waals surface area contributed by atoms with Gasteiger partial charge < -0.3 is 14.8 Å². The fourth-order valence-corrected chi connectivity index (χ4v) is 5.13. The van der Waals surface area contributed by atoms with E-state index in [1.54, 1.807) is 54.6 Å². The van der Waals surface area contributed by atoms with E-state index in [-0.39, 0.29) is 22.0 Å². The van der Waals surface area contributed by atoms with E-state index in [2.05, 4.69) is 5.32 Å². The predicted molar refractivity (Wildman–Crippen MR) is 141 cm³/mol. The Bertz CT molecular complexity index is 1520. The lowest BCUT2D eigenvalue weighted by atomic mass is 10.2. The second kappa shape index (κ2) is 11.3. The third-order valence-corrected chi connectivity index (χ3v) is 7.25. The molecule has 4 aromatic carbocycles. The summed E-state index contributed by atoms with van der Waals surface area (Å²) < 4.78 is 53.5. The monoisotopic (exact) mass is 540 g/mol. The zero-order valence-corrected chi connectivity index (χ0v) is 21.2. The lowest BCUT2D eigenvalue weighted by Gasteiger charge is -2.24. The van der Waals surface area contributed by atoms with Crippen molar-refractivity contribution in [1.29, 1.82) is 0 Å². The van der Waals surface area contributed by atoms with Crippen LogP contribution in [0.1, 0.15) is 0 Å². The molecule has 10 heteroatoms. The lowest BCUT2D eigenvalue weighted by Crippen LogP contribution is -2.38. The number of para-hydroxylation sites is 3. The number of methoxy groups -OCH3 is 1. The minimum atomic E-state index is -4.28. The van der Waals surface area contributed by atoms with Gasteiger partial charge in [-0.3, -0.25) is 9.10 Å². The molecule has 0 aromatic heterocycles. The van der Waals surface area contributed by atoms with Crippen molar-refractivity contribution in [2.24, 2.45) is 0 Å². The number of hydrogen-bond acceptors (Lipinski definition) is 5. The number of ether oxygens (including phenoxy) is 2. The zero-order valence-electron chi connectivity index (χ0n) is 19.6. The average Bonchev–Trinajstić information content (AvgIpc) is 2.90. The molecule has 0 bridgehead atoms. The van der Waals surface area contributed by atoms with Crippen molar-refractivity contribution in [3.05, 3.63) is 108 Å². The van der Waals surface area contributed by atoms with Crippen molar-refractivity contribution in [2.75, 3.05) is 23.3 Å². The second-order valence-corrected chi connectivity index (χ2v) is 10.0. The summed E-state index contributed by atoms with van der Waals surface area (Å²) in [6, 6.07) is 24.3. The van der Waals surface area contributed by atoms with E-state index in [0.29, 0.717) is 16.5 Å². The minimum absolute atomic E-state index is 0.0889. The molecule has 4 rings (SSSR count). The summed E-state index contributed by atoms with van der Waals surface area (Å²) in [5, 5.41) is 2.95. The third kappa shape index (κ3) is 6.02. The Labute approximate surface area is 219 Å². The van der Waals surface area contributed by atoms with Gasteiger partial charge in [0.1, 0.15) is 12.4 Å². The second-order valence-electron chi connectivity index (χ2n) is 7.72. The van der Waals surface area contributed by atoms with Crippen LogP contribution in [0.15, 0.2) is 102 Å². The summed E-state index contributed by atoms with van der Waals surface area (Å²) in [4.78, 5) is 13.1. The topological polar surface area (TPSA) is 84.9 Å². The highest BCUT2D eigenvalue weighted by Gasteiger charge is 2.29. The van der Waals surface area contributed by atoms with Crippen LogP contribution >= 0.6 is 11.6 Å². The number of nitrogens with one attached hydrogen (secondary N) is 1. The van der Waals surface area contributed by atoms with Crippen LogP contribution < -0.4 is 19.1 Å². The number of anilines is 2. The molecule has 0 atom stereocenters. The molecule has 0 aliphatic carbocycles. The Morgan fingerprint density at radius 2 is 1.54 bits per heavy atom. The smallest absolute Gasteiger partial charge is 0.264 e. The predicted octanol–water partition coefficient (Wildman–Crippen LogP) is 6.11. The molecular formula is C27H22ClFN2O5S. The SMILES string of the molecule is COc1ccccc1Oc1ccc(Cl)cc1NC(=O)CN(c1ccccc1F)S(=O)(=O)c1ccccc1. The van der Waals surface area contributed by atoms with E-state index >= 15 is 0 Å². The number of amides is 1. The maximum atomic E-state index is 14.7. The van der Waals surface area contributed by atoms with E-state index in [0.717, 1.165) is 10.4 Å². The van der Waals surface area contributed by atoms with E-state index < -0.39 is 28.3 Å². The van der Waals surface area contributed by atoms with Gasteiger partial charge in [0.25, 0.3) is 10.0 Å². The van der Waals surface area contributed by atoms with Gasteiger partial charge in [-0.1, -0.05) is 54.1 Å². The van der Waals surface area contributed by atoms with Crippen LogP contribution in [0.2, 0.25) is 5.02 Å². The Morgan fingerprint density at radius 3 is 2.24 bits per heavy atom. The van der Waals surface area contributed by atoms with E-state index in [1.165, 1.54) is 43.5 Å². The number of carbonyl (C=O) groups is 1. The first-order valence-corrected chi connectivity index (χ1v) is 12.8. The molecule has 1 N–H and O–H groups in total. The van der Waals surface area contributed by atoms with Crippen molar-refractivity contribution in [1.82, 2.24) is 0 Å². The molecule has 0 fully saturated rings. The van der Waals surface area contributed by atoms with E-state index in [9.17, 15) is 17.6 Å². The lowest BCUT2D eigenvalue weighted by molar-refractivity contribution is -0.114. The van der Waals surface area contributed by atoms with Crippen LogP contribution in [0.4, 0.5) is 15.8 Å². The first-order valence-electron chi connectivity index (χ1n) is 11.0. The van der Waals surface area contributed by atoms with Crippen LogP contribution in [0, 0.1) is 5.82 Å². The first kappa shape index (κ1) is 26.0. The van der Waals surface area contributed by atoms with Gasteiger partial charge >= 0.3 is 0 Å². The van der Waals surface area contributed by atoms with Crippen LogP contribution in [0.3, 0.4) is 0 Å². The number of halogens is 2. The van der Waals surface area contributed by atoms with Gasteiger partial charge in [0.05, 0.1) is 23.4 Å². The molecule has 0 aliphatic rings. The number of rotatable bonds is 9. The third-order valence-electron chi connectivity index (χ3n) is 5.24. The molecule has 0 radical (unpaired) electrons. The molecule has 1 amide bonds. The quantitative estimate of drug-likeness (QED) is 0.277. The molecule has 190 valence electrons. The van der Waals surface area contributed by atoms with Crippen molar-refractivity contribution in [2.45, 2.75) is 4.90 Å². The van der Waals surface area contributed by atoms with E-state index in [1.807, 2.05) is 0 Å². The fourth-order valence-electron chi connectivity index (χ4n) is 3.50. The highest BCUT2D eigenvalue weighted by molar-refractivity contribution is 7.92. The van der Waals surface area contributed by atoms with Gasteiger partial charge in [-0.25, -0.2) is 12.8 Å². The molecule has 0 aliphatic heterocycles. The number of nitrogens with zero attached hydrogens (tertiary/aromatic N) is 1. The molecule has 4 aromatic rings. The number of carbonyl (C=O) groups excluding carboxylic acids is 1. The molecule has 37 heavy (non-hydrogen) atoms. The molecule has 0 saturated heterocycles. The molecule has 0 heterocycles. The maximum Gasteiger partial charge on any atom is 0.264 e. The van der Waals surface area contributed by atoms with Gasteiger partial charge in [-0.15, -0.1) is 0 Å².